The van der Waals surface area contributed by atoms with Gasteiger partial charge in [-0.3, -0.25) is 9.59 Å². The van der Waals surface area contributed by atoms with Gasteiger partial charge in [-0.1, -0.05) is 5.16 Å². The number of nitrogen functional groups attached to an aromatic ring is 1. The van der Waals surface area contributed by atoms with Gasteiger partial charge in [0.2, 0.25) is 0 Å². The highest BCUT2D eigenvalue weighted by molar-refractivity contribution is 6.02. The molecule has 0 bridgehead atoms. The van der Waals surface area contributed by atoms with Gasteiger partial charge in [-0.25, -0.2) is 14.6 Å². The quantitative estimate of drug-likeness (QED) is 0.499. The van der Waals surface area contributed by atoms with Crippen LogP contribution in [-0.4, -0.2) is 42.8 Å². The van der Waals surface area contributed by atoms with E-state index in [1.807, 2.05) is 13.8 Å². The third kappa shape index (κ3) is 4.77. The Bertz CT molecular complexity index is 1210. The summed E-state index contributed by atoms with van der Waals surface area (Å²) in [5.74, 6) is -1.27. The SMILES string of the molecule is CC(C)n1nc(-c2ncc(CC(=O)Cc3cc(C(C)(C)C(F)(F)F)on3)cn2)c(C(N)=O)c1N. The number of ketones is 1. The number of hydrogen-bond donors (Lipinski definition) is 2. The molecule has 0 aromatic carbocycles. The maximum Gasteiger partial charge on any atom is 0.401 e. The Hall–Kier alpha value is -3.77. The fraction of sp³-hybridized carbons (Fsp3) is 0.429. The van der Waals surface area contributed by atoms with E-state index < -0.39 is 17.5 Å². The number of halogens is 3. The average Bonchev–Trinajstić information content (AvgIpc) is 3.32. The lowest BCUT2D eigenvalue weighted by molar-refractivity contribution is -0.185. The molecule has 3 rings (SSSR count). The van der Waals surface area contributed by atoms with Crippen LogP contribution < -0.4 is 11.5 Å². The van der Waals surface area contributed by atoms with E-state index in [0.29, 0.717) is 5.56 Å². The highest BCUT2D eigenvalue weighted by Crippen LogP contribution is 2.40. The summed E-state index contributed by atoms with van der Waals surface area (Å²) in [4.78, 5) is 32.6. The second-order valence-corrected chi connectivity index (χ2v) is 8.62. The van der Waals surface area contributed by atoms with Gasteiger partial charge in [0, 0.05) is 30.9 Å². The first-order valence-electron chi connectivity index (χ1n) is 10.3. The molecule has 0 unspecified atom stereocenters. The van der Waals surface area contributed by atoms with Crippen LogP contribution in [0.4, 0.5) is 19.0 Å². The van der Waals surface area contributed by atoms with Crippen molar-refractivity contribution in [1.29, 1.82) is 0 Å². The van der Waals surface area contributed by atoms with Crippen LogP contribution in [0.1, 0.15) is 61.1 Å². The van der Waals surface area contributed by atoms with Crippen molar-refractivity contribution in [3.8, 4) is 11.5 Å². The summed E-state index contributed by atoms with van der Waals surface area (Å²) in [5, 5.41) is 7.88. The maximum absolute atomic E-state index is 13.2. The van der Waals surface area contributed by atoms with Gasteiger partial charge in [-0.05, 0) is 33.3 Å². The molecule has 3 aromatic rings. The van der Waals surface area contributed by atoms with Gasteiger partial charge < -0.3 is 16.0 Å². The minimum Gasteiger partial charge on any atom is -0.383 e. The topological polar surface area (TPSA) is 156 Å². The molecule has 0 saturated carbocycles. The molecule has 10 nitrogen and oxygen atoms in total. The predicted molar refractivity (Wildman–Crippen MR) is 115 cm³/mol. The zero-order valence-corrected chi connectivity index (χ0v) is 19.0. The van der Waals surface area contributed by atoms with Gasteiger partial charge in [0.1, 0.15) is 28.3 Å². The second kappa shape index (κ2) is 8.88. The monoisotopic (exact) mass is 479 g/mol. The van der Waals surface area contributed by atoms with Crippen LogP contribution in [0.2, 0.25) is 0 Å². The molecule has 0 radical (unpaired) electrons. The van der Waals surface area contributed by atoms with Crippen LogP contribution in [-0.2, 0) is 23.1 Å². The first-order valence-corrected chi connectivity index (χ1v) is 10.3. The fourth-order valence-corrected chi connectivity index (χ4v) is 3.13. The molecule has 0 aliphatic rings. The molecule has 0 aliphatic carbocycles. The number of amides is 1. The number of Topliss-reactive ketones (excluding diaryl/α,β-unsaturated/α-hetero) is 1. The van der Waals surface area contributed by atoms with Crippen LogP contribution in [0.15, 0.2) is 23.0 Å². The summed E-state index contributed by atoms with van der Waals surface area (Å²) in [6.07, 6.45) is -2.07. The number of nitrogens with two attached hydrogens (primary N) is 2. The lowest BCUT2D eigenvalue weighted by Gasteiger charge is -2.24. The van der Waals surface area contributed by atoms with E-state index in [1.54, 1.807) is 0 Å². The summed E-state index contributed by atoms with van der Waals surface area (Å²) in [6, 6.07) is 0.994. The first kappa shape index (κ1) is 24.9. The molecule has 34 heavy (non-hydrogen) atoms. The molecule has 3 heterocycles. The zero-order valence-electron chi connectivity index (χ0n) is 19.0. The highest BCUT2D eigenvalue weighted by atomic mass is 19.4. The Morgan fingerprint density at radius 1 is 1.15 bits per heavy atom. The van der Waals surface area contributed by atoms with E-state index in [2.05, 4.69) is 20.2 Å². The minimum atomic E-state index is -4.53. The van der Waals surface area contributed by atoms with E-state index in [4.69, 9.17) is 16.0 Å². The smallest absolute Gasteiger partial charge is 0.383 e. The number of primary amides is 1. The number of hydrogen-bond acceptors (Lipinski definition) is 8. The number of aromatic nitrogens is 5. The Morgan fingerprint density at radius 3 is 2.29 bits per heavy atom. The van der Waals surface area contributed by atoms with Crippen molar-refractivity contribution in [3.05, 3.63) is 41.0 Å². The normalized spacial score (nSPS) is 12.4. The fourth-order valence-electron chi connectivity index (χ4n) is 3.13. The Kier molecular flexibility index (Phi) is 6.49. The molecule has 3 aromatic heterocycles. The highest BCUT2D eigenvalue weighted by Gasteiger charge is 2.51. The lowest BCUT2D eigenvalue weighted by atomic mass is 9.89. The number of carbonyl (C=O) groups is 2. The largest absolute Gasteiger partial charge is 0.401 e. The van der Waals surface area contributed by atoms with Gasteiger partial charge in [0.15, 0.2) is 11.6 Å². The average molecular weight is 479 g/mol. The number of rotatable bonds is 8. The van der Waals surface area contributed by atoms with Crippen molar-refractivity contribution >= 4 is 17.5 Å². The van der Waals surface area contributed by atoms with Crippen LogP contribution in [0.5, 0.6) is 0 Å². The third-order valence-corrected chi connectivity index (χ3v) is 5.26. The summed E-state index contributed by atoms with van der Waals surface area (Å²) >= 11 is 0. The second-order valence-electron chi connectivity index (χ2n) is 8.62. The third-order valence-electron chi connectivity index (χ3n) is 5.26. The van der Waals surface area contributed by atoms with Crippen molar-refractivity contribution in [2.45, 2.75) is 58.2 Å². The predicted octanol–water partition coefficient (Wildman–Crippen LogP) is 2.78. The molecule has 13 heteroatoms. The van der Waals surface area contributed by atoms with Gasteiger partial charge in [0.25, 0.3) is 5.91 Å². The van der Waals surface area contributed by atoms with E-state index >= 15 is 0 Å². The van der Waals surface area contributed by atoms with Gasteiger partial charge in [-0.2, -0.15) is 18.3 Å². The van der Waals surface area contributed by atoms with E-state index in [-0.39, 0.29) is 59.0 Å². The van der Waals surface area contributed by atoms with Crippen LogP contribution in [0.3, 0.4) is 0 Å². The van der Waals surface area contributed by atoms with Crippen molar-refractivity contribution < 1.29 is 27.3 Å². The van der Waals surface area contributed by atoms with Gasteiger partial charge in [0.05, 0.1) is 12.1 Å². The van der Waals surface area contributed by atoms with Crippen molar-refractivity contribution in [2.24, 2.45) is 5.73 Å². The molecule has 1 amide bonds. The molecule has 0 aliphatic heterocycles. The molecule has 0 spiro atoms. The number of anilines is 1. The molecular formula is C21H24F3N7O3. The van der Waals surface area contributed by atoms with Crippen LogP contribution in [0, 0.1) is 0 Å². The molecule has 0 atom stereocenters. The molecule has 0 saturated heterocycles. The zero-order chi connectivity index (χ0) is 25.4. The number of carbonyl (C=O) groups excluding carboxylic acids is 2. The van der Waals surface area contributed by atoms with Gasteiger partial charge >= 0.3 is 6.18 Å². The molecule has 182 valence electrons. The van der Waals surface area contributed by atoms with E-state index in [1.165, 1.54) is 17.1 Å². The lowest BCUT2D eigenvalue weighted by Crippen LogP contribution is -2.35. The van der Waals surface area contributed by atoms with Crippen molar-refractivity contribution in [1.82, 2.24) is 24.9 Å². The van der Waals surface area contributed by atoms with Crippen molar-refractivity contribution in [3.63, 3.8) is 0 Å². The summed E-state index contributed by atoms with van der Waals surface area (Å²) in [5.41, 5.74) is 9.86. The molecular weight excluding hydrogens is 455 g/mol. The number of nitrogens with zero attached hydrogens (tertiary/aromatic N) is 5. The van der Waals surface area contributed by atoms with E-state index in [9.17, 15) is 22.8 Å². The Morgan fingerprint density at radius 2 is 1.76 bits per heavy atom. The van der Waals surface area contributed by atoms with Crippen molar-refractivity contribution in [2.75, 3.05) is 5.73 Å². The number of alkyl halides is 3. The van der Waals surface area contributed by atoms with Crippen LogP contribution in [0.25, 0.3) is 11.5 Å². The van der Waals surface area contributed by atoms with E-state index in [0.717, 1.165) is 19.9 Å². The first-order chi connectivity index (χ1) is 15.7. The molecule has 4 N–H and O–H groups in total. The maximum atomic E-state index is 13.2. The summed E-state index contributed by atoms with van der Waals surface area (Å²) < 4.78 is 45.7. The summed E-state index contributed by atoms with van der Waals surface area (Å²) in [6.45, 7) is 5.60. The minimum absolute atomic E-state index is 0.00106. The Labute approximate surface area is 192 Å². The molecule has 0 fully saturated rings. The summed E-state index contributed by atoms with van der Waals surface area (Å²) in [7, 11) is 0. The Balaban J connectivity index is 1.74. The van der Waals surface area contributed by atoms with Crippen LogP contribution >= 0.6 is 0 Å². The van der Waals surface area contributed by atoms with Gasteiger partial charge in [-0.15, -0.1) is 0 Å². The standard InChI is InChI=1S/C21H24F3N7O3/c1-10(2)31-17(25)15(18(26)33)16(29-31)19-27-8-11(9-28-19)5-13(32)6-12-7-14(34-30-12)20(3,4)21(22,23)24/h7-10H,5-6,25H2,1-4H3,(H2,26,33).